The van der Waals surface area contributed by atoms with Gasteiger partial charge in [0.15, 0.2) is 0 Å². The smallest absolute Gasteiger partial charge is 0.232 e. The van der Waals surface area contributed by atoms with Gasteiger partial charge in [0.2, 0.25) is 15.9 Å². The van der Waals surface area contributed by atoms with Crippen LogP contribution in [0.5, 0.6) is 0 Å². The van der Waals surface area contributed by atoms with Gasteiger partial charge in [0.1, 0.15) is 0 Å². The Labute approximate surface area is 147 Å². The van der Waals surface area contributed by atoms with Crippen molar-refractivity contribution in [3.63, 3.8) is 0 Å². The minimum atomic E-state index is -3.57. The fourth-order valence-corrected chi connectivity index (χ4v) is 3.13. The number of benzene rings is 1. The zero-order chi connectivity index (χ0) is 18.3. The van der Waals surface area contributed by atoms with E-state index < -0.39 is 10.0 Å². The predicted molar refractivity (Wildman–Crippen MR) is 94.0 cm³/mol. The summed E-state index contributed by atoms with van der Waals surface area (Å²) in [5.74, 6) is -0.262. The Morgan fingerprint density at radius 1 is 1.28 bits per heavy atom. The van der Waals surface area contributed by atoms with Gasteiger partial charge in [0.25, 0.3) is 0 Å². The van der Waals surface area contributed by atoms with Crippen LogP contribution in [-0.2, 0) is 21.4 Å². The maximum atomic E-state index is 12.0. The van der Waals surface area contributed by atoms with Crippen LogP contribution in [-0.4, -0.2) is 32.1 Å². The largest absolute Gasteiger partial charge is 0.352 e. The van der Waals surface area contributed by atoms with E-state index >= 15 is 0 Å². The van der Waals surface area contributed by atoms with Crippen LogP contribution in [0.4, 0.5) is 5.69 Å². The van der Waals surface area contributed by atoms with Gasteiger partial charge in [-0.1, -0.05) is 6.07 Å². The molecule has 1 aromatic heterocycles. The van der Waals surface area contributed by atoms with E-state index in [1.807, 2.05) is 6.07 Å². The lowest BCUT2D eigenvalue weighted by Crippen LogP contribution is -2.34. The summed E-state index contributed by atoms with van der Waals surface area (Å²) in [6.45, 7) is 0.347. The molecule has 2 rings (SSSR count). The third kappa shape index (κ3) is 5.58. The molecule has 7 nitrogen and oxygen atoms in total. The first-order chi connectivity index (χ1) is 11.9. The number of anilines is 1. The van der Waals surface area contributed by atoms with Crippen LogP contribution in [0.3, 0.4) is 0 Å². The quantitative estimate of drug-likeness (QED) is 0.806. The number of hydrogen-bond donors (Lipinski definition) is 1. The van der Waals surface area contributed by atoms with E-state index in [4.69, 9.17) is 5.26 Å². The van der Waals surface area contributed by atoms with Crippen LogP contribution in [0.1, 0.15) is 17.5 Å². The first kappa shape index (κ1) is 18.4. The van der Waals surface area contributed by atoms with Gasteiger partial charge in [0.05, 0.1) is 23.6 Å². The highest BCUT2D eigenvalue weighted by Gasteiger charge is 2.18. The highest BCUT2D eigenvalue weighted by atomic mass is 32.2. The number of carbonyl (C=O) groups excluding carboxylic acids is 1. The highest BCUT2D eigenvalue weighted by molar-refractivity contribution is 7.92. The van der Waals surface area contributed by atoms with Gasteiger partial charge in [-0.05, 0) is 35.9 Å². The maximum Gasteiger partial charge on any atom is 0.232 e. The Balaban J connectivity index is 2.01. The molecule has 0 radical (unpaired) electrons. The molecular weight excluding hydrogens is 340 g/mol. The van der Waals surface area contributed by atoms with E-state index in [2.05, 4.69) is 10.3 Å². The zero-order valence-electron chi connectivity index (χ0n) is 13.7. The van der Waals surface area contributed by atoms with Crippen molar-refractivity contribution in [3.05, 3.63) is 59.9 Å². The molecule has 0 saturated heterocycles. The number of aromatic nitrogens is 1. The fourth-order valence-electron chi connectivity index (χ4n) is 2.21. The van der Waals surface area contributed by atoms with Gasteiger partial charge in [0, 0.05) is 31.9 Å². The average molecular weight is 358 g/mol. The lowest BCUT2D eigenvalue weighted by molar-refractivity contribution is -0.121. The lowest BCUT2D eigenvalue weighted by Gasteiger charge is -2.22. The number of pyridine rings is 1. The number of sulfonamides is 1. The Bertz CT molecular complexity index is 876. The third-order valence-electron chi connectivity index (χ3n) is 3.44. The summed E-state index contributed by atoms with van der Waals surface area (Å²) < 4.78 is 25.2. The molecule has 0 unspecified atom stereocenters. The summed E-state index contributed by atoms with van der Waals surface area (Å²) in [6.07, 6.45) is 4.35. The van der Waals surface area contributed by atoms with Crippen LogP contribution >= 0.6 is 0 Å². The standard InChI is InChI=1S/C17H18N4O3S/c1-25(23,24)21(16-4-2-3-15(11-16)12-18)10-7-17(22)20-13-14-5-8-19-9-6-14/h2-6,8-9,11H,7,10,13H2,1H3,(H,20,22). The SMILES string of the molecule is CS(=O)(=O)N(CCC(=O)NCc1ccncc1)c1cccc(C#N)c1. The molecule has 0 aliphatic heterocycles. The van der Waals surface area contributed by atoms with Crippen LogP contribution in [0.15, 0.2) is 48.8 Å². The number of carbonyl (C=O) groups is 1. The molecule has 0 fully saturated rings. The molecule has 130 valence electrons. The van der Waals surface area contributed by atoms with Gasteiger partial charge in [-0.15, -0.1) is 0 Å². The molecule has 1 aromatic carbocycles. The minimum absolute atomic E-state index is 0.00407. The maximum absolute atomic E-state index is 12.0. The summed E-state index contributed by atoms with van der Waals surface area (Å²) in [5.41, 5.74) is 1.63. The molecule has 0 atom stereocenters. The zero-order valence-corrected chi connectivity index (χ0v) is 14.5. The Morgan fingerprint density at radius 3 is 2.64 bits per heavy atom. The Morgan fingerprint density at radius 2 is 2.00 bits per heavy atom. The topological polar surface area (TPSA) is 103 Å². The van der Waals surface area contributed by atoms with Gasteiger partial charge in [-0.3, -0.25) is 14.1 Å². The van der Waals surface area contributed by atoms with Gasteiger partial charge >= 0.3 is 0 Å². The van der Waals surface area contributed by atoms with Gasteiger partial charge in [-0.25, -0.2) is 8.42 Å². The molecule has 1 amide bonds. The van der Waals surface area contributed by atoms with Crippen molar-refractivity contribution in [1.82, 2.24) is 10.3 Å². The van der Waals surface area contributed by atoms with Crippen molar-refractivity contribution in [2.24, 2.45) is 0 Å². The molecule has 2 aromatic rings. The molecule has 0 aliphatic rings. The fraction of sp³-hybridized carbons (Fsp3) is 0.235. The number of amides is 1. The van der Waals surface area contributed by atoms with Crippen molar-refractivity contribution < 1.29 is 13.2 Å². The summed E-state index contributed by atoms with van der Waals surface area (Å²) in [6, 6.07) is 11.8. The summed E-state index contributed by atoms with van der Waals surface area (Å²) in [7, 11) is -3.57. The lowest BCUT2D eigenvalue weighted by atomic mass is 10.2. The minimum Gasteiger partial charge on any atom is -0.352 e. The molecular formula is C17H18N4O3S. The monoisotopic (exact) mass is 358 g/mol. The van der Waals surface area contributed by atoms with Crippen LogP contribution in [0.2, 0.25) is 0 Å². The number of nitrogens with one attached hydrogen (secondary N) is 1. The van der Waals surface area contributed by atoms with Crippen LogP contribution in [0, 0.1) is 11.3 Å². The third-order valence-corrected chi connectivity index (χ3v) is 4.64. The van der Waals surface area contributed by atoms with E-state index in [9.17, 15) is 13.2 Å². The molecule has 0 saturated carbocycles. The Hall–Kier alpha value is -2.92. The molecule has 0 bridgehead atoms. The first-order valence-electron chi connectivity index (χ1n) is 7.53. The second-order valence-electron chi connectivity index (χ2n) is 5.38. The second-order valence-corrected chi connectivity index (χ2v) is 7.29. The van der Waals surface area contributed by atoms with Crippen molar-refractivity contribution in [1.29, 1.82) is 5.26 Å². The molecule has 0 spiro atoms. The normalized spacial score (nSPS) is 10.7. The van der Waals surface area contributed by atoms with Crippen LogP contribution < -0.4 is 9.62 Å². The molecule has 25 heavy (non-hydrogen) atoms. The van der Waals surface area contributed by atoms with Gasteiger partial charge in [-0.2, -0.15) is 5.26 Å². The molecule has 1 heterocycles. The number of hydrogen-bond acceptors (Lipinski definition) is 5. The summed E-state index contributed by atoms with van der Waals surface area (Å²) in [4.78, 5) is 15.9. The molecule has 0 aliphatic carbocycles. The second kappa shape index (κ2) is 8.26. The van der Waals surface area contributed by atoms with Crippen molar-refractivity contribution in [3.8, 4) is 6.07 Å². The predicted octanol–water partition coefficient (Wildman–Crippen LogP) is 1.43. The van der Waals surface area contributed by atoms with Crippen molar-refractivity contribution in [2.45, 2.75) is 13.0 Å². The highest BCUT2D eigenvalue weighted by Crippen LogP contribution is 2.19. The molecule has 8 heteroatoms. The number of nitriles is 1. The van der Waals surface area contributed by atoms with E-state index in [1.54, 1.807) is 42.7 Å². The summed E-state index contributed by atoms with van der Waals surface area (Å²) >= 11 is 0. The van der Waals surface area contributed by atoms with Crippen molar-refractivity contribution >= 4 is 21.6 Å². The van der Waals surface area contributed by atoms with E-state index in [0.717, 1.165) is 16.1 Å². The van der Waals surface area contributed by atoms with Crippen LogP contribution in [0.25, 0.3) is 0 Å². The molecule has 1 N–H and O–H groups in total. The Kier molecular flexibility index (Phi) is 6.08. The van der Waals surface area contributed by atoms with E-state index in [0.29, 0.717) is 17.8 Å². The average Bonchev–Trinajstić information content (AvgIpc) is 2.60. The number of rotatable bonds is 7. The van der Waals surface area contributed by atoms with Crippen molar-refractivity contribution in [2.75, 3.05) is 17.1 Å². The van der Waals surface area contributed by atoms with Gasteiger partial charge < -0.3 is 5.32 Å². The van der Waals surface area contributed by atoms with E-state index in [1.165, 1.54) is 6.07 Å². The number of nitrogens with zero attached hydrogens (tertiary/aromatic N) is 3. The van der Waals surface area contributed by atoms with E-state index in [-0.39, 0.29) is 18.9 Å². The summed E-state index contributed by atoms with van der Waals surface area (Å²) in [5, 5.41) is 11.7. The first-order valence-corrected chi connectivity index (χ1v) is 9.38.